The van der Waals surface area contributed by atoms with Gasteiger partial charge in [0.2, 0.25) is 0 Å². The molecule has 0 saturated heterocycles. The third kappa shape index (κ3) is 2.67. The lowest BCUT2D eigenvalue weighted by molar-refractivity contribution is -0.157. The number of rotatable bonds is 1. The molecule has 18 heavy (non-hydrogen) atoms. The molecule has 0 unspecified atom stereocenters. The topological polar surface area (TPSA) is 46.2 Å². The summed E-state index contributed by atoms with van der Waals surface area (Å²) in [5, 5.41) is 2.37. The van der Waals surface area contributed by atoms with Crippen LogP contribution in [0.2, 0.25) is 0 Å². The maximum absolute atomic E-state index is 12.5. The molecule has 0 amide bonds. The average Bonchev–Trinajstić information content (AvgIpc) is 2.25. The molecule has 0 radical (unpaired) electrons. The lowest BCUT2D eigenvalue weighted by Gasteiger charge is -2.28. The number of sulfone groups is 1. The van der Waals surface area contributed by atoms with Crippen LogP contribution in [0, 0.1) is 0 Å². The fourth-order valence-electron chi connectivity index (χ4n) is 1.95. The minimum Gasteiger partial charge on any atom is -0.302 e. The van der Waals surface area contributed by atoms with Crippen molar-refractivity contribution in [3.63, 3.8) is 0 Å². The maximum Gasteiger partial charge on any atom is 0.404 e. The molecule has 1 aromatic carbocycles. The SMILES string of the molecule is CS(=O)(=O)c1ccc2c(c1)CN[C@H](C(F)(F)F)C2. The summed E-state index contributed by atoms with van der Waals surface area (Å²) in [6.45, 7) is 0.0306. The predicted molar refractivity (Wildman–Crippen MR) is 59.9 cm³/mol. The van der Waals surface area contributed by atoms with Crippen molar-refractivity contribution in [1.82, 2.24) is 5.32 Å². The molecule has 1 aliphatic heterocycles. The molecule has 1 heterocycles. The van der Waals surface area contributed by atoms with E-state index in [1.54, 1.807) is 0 Å². The fraction of sp³-hybridized carbons (Fsp3) is 0.455. The lowest BCUT2D eigenvalue weighted by atomic mass is 9.96. The standard InChI is InChI=1S/C11H12F3NO2S/c1-18(16,17)9-3-2-7-5-10(11(12,13)14)15-6-8(7)4-9/h2-4,10,15H,5-6H2,1H3/t10-/m0/s1. The molecule has 0 bridgehead atoms. The van der Waals surface area contributed by atoms with Gasteiger partial charge < -0.3 is 5.32 Å². The highest BCUT2D eigenvalue weighted by Gasteiger charge is 2.41. The van der Waals surface area contributed by atoms with E-state index in [-0.39, 0.29) is 17.9 Å². The van der Waals surface area contributed by atoms with Gasteiger partial charge >= 0.3 is 6.18 Å². The molecular formula is C11H12F3NO2S. The Morgan fingerprint density at radius 2 is 1.94 bits per heavy atom. The van der Waals surface area contributed by atoms with Crippen LogP contribution < -0.4 is 5.32 Å². The Balaban J connectivity index is 2.32. The summed E-state index contributed by atoms with van der Waals surface area (Å²) in [5.41, 5.74) is 1.15. The zero-order chi connectivity index (χ0) is 13.6. The zero-order valence-electron chi connectivity index (χ0n) is 9.58. The minimum atomic E-state index is -4.28. The summed E-state index contributed by atoms with van der Waals surface area (Å²) < 4.78 is 60.3. The first-order chi connectivity index (χ1) is 8.18. The van der Waals surface area contributed by atoms with Gasteiger partial charge in [0.1, 0.15) is 6.04 Å². The summed E-state index contributed by atoms with van der Waals surface area (Å²) in [6, 6.07) is 2.69. The van der Waals surface area contributed by atoms with Crippen LogP contribution in [0.1, 0.15) is 11.1 Å². The van der Waals surface area contributed by atoms with E-state index in [9.17, 15) is 21.6 Å². The average molecular weight is 279 g/mol. The first-order valence-corrected chi connectivity index (χ1v) is 7.19. The number of fused-ring (bicyclic) bond motifs is 1. The highest BCUT2D eigenvalue weighted by atomic mass is 32.2. The van der Waals surface area contributed by atoms with E-state index >= 15 is 0 Å². The van der Waals surface area contributed by atoms with Crippen molar-refractivity contribution >= 4 is 9.84 Å². The van der Waals surface area contributed by atoms with Gasteiger partial charge in [-0.3, -0.25) is 0 Å². The Kier molecular flexibility index (Phi) is 3.14. The second-order valence-corrected chi connectivity index (χ2v) is 6.40. The number of alkyl halides is 3. The van der Waals surface area contributed by atoms with Crippen molar-refractivity contribution in [3.8, 4) is 0 Å². The molecular weight excluding hydrogens is 267 g/mol. The Labute approximate surface area is 103 Å². The third-order valence-corrected chi connectivity index (χ3v) is 4.07. The van der Waals surface area contributed by atoms with Gasteiger partial charge in [0.25, 0.3) is 0 Å². The molecule has 1 aromatic rings. The van der Waals surface area contributed by atoms with Gasteiger partial charge in [-0.1, -0.05) is 6.07 Å². The molecule has 3 nitrogen and oxygen atoms in total. The van der Waals surface area contributed by atoms with E-state index in [0.29, 0.717) is 11.1 Å². The molecule has 0 fully saturated rings. The third-order valence-electron chi connectivity index (χ3n) is 2.96. The van der Waals surface area contributed by atoms with Crippen LogP contribution in [0.5, 0.6) is 0 Å². The molecule has 100 valence electrons. The first-order valence-electron chi connectivity index (χ1n) is 5.30. The van der Waals surface area contributed by atoms with Gasteiger partial charge in [0, 0.05) is 12.8 Å². The Hall–Kier alpha value is -1.08. The highest BCUT2D eigenvalue weighted by Crippen LogP contribution is 2.28. The first kappa shape index (κ1) is 13.4. The monoisotopic (exact) mass is 279 g/mol. The number of benzene rings is 1. The van der Waals surface area contributed by atoms with Crippen molar-refractivity contribution in [2.75, 3.05) is 6.26 Å². The second kappa shape index (κ2) is 4.24. The van der Waals surface area contributed by atoms with E-state index < -0.39 is 22.1 Å². The summed E-state index contributed by atoms with van der Waals surface area (Å²) >= 11 is 0. The largest absolute Gasteiger partial charge is 0.404 e. The van der Waals surface area contributed by atoms with Gasteiger partial charge in [0.15, 0.2) is 9.84 Å². The quantitative estimate of drug-likeness (QED) is 0.850. The van der Waals surface area contributed by atoms with Crippen LogP contribution in [-0.4, -0.2) is 26.9 Å². The summed E-state index contributed by atoms with van der Waals surface area (Å²) in [6.07, 6.45) is -3.38. The number of nitrogens with one attached hydrogen (secondary N) is 1. The molecule has 0 spiro atoms. The van der Waals surface area contributed by atoms with Gasteiger partial charge in [-0.25, -0.2) is 8.42 Å². The molecule has 0 saturated carbocycles. The van der Waals surface area contributed by atoms with E-state index in [2.05, 4.69) is 5.32 Å². The minimum absolute atomic E-state index is 0.0306. The fourth-order valence-corrected chi connectivity index (χ4v) is 2.62. The van der Waals surface area contributed by atoms with Crippen LogP contribution in [-0.2, 0) is 22.8 Å². The van der Waals surface area contributed by atoms with Gasteiger partial charge in [-0.2, -0.15) is 13.2 Å². The van der Waals surface area contributed by atoms with Crippen molar-refractivity contribution in [3.05, 3.63) is 29.3 Å². The number of halogens is 3. The Morgan fingerprint density at radius 3 is 2.50 bits per heavy atom. The van der Waals surface area contributed by atoms with Gasteiger partial charge in [0.05, 0.1) is 4.90 Å². The van der Waals surface area contributed by atoms with Crippen LogP contribution in [0.4, 0.5) is 13.2 Å². The Bertz CT molecular complexity index is 566. The van der Waals surface area contributed by atoms with Gasteiger partial charge in [-0.05, 0) is 29.7 Å². The molecule has 1 N–H and O–H groups in total. The van der Waals surface area contributed by atoms with Crippen molar-refractivity contribution < 1.29 is 21.6 Å². The lowest BCUT2D eigenvalue weighted by Crippen LogP contribution is -2.46. The molecule has 2 rings (SSSR count). The van der Waals surface area contributed by atoms with Crippen LogP contribution >= 0.6 is 0 Å². The smallest absolute Gasteiger partial charge is 0.302 e. The van der Waals surface area contributed by atoms with Crippen molar-refractivity contribution in [1.29, 1.82) is 0 Å². The molecule has 0 aromatic heterocycles. The van der Waals surface area contributed by atoms with E-state index in [1.165, 1.54) is 18.2 Å². The molecule has 7 heteroatoms. The summed E-state index contributed by atoms with van der Waals surface area (Å²) in [5.74, 6) is 0. The van der Waals surface area contributed by atoms with E-state index in [4.69, 9.17) is 0 Å². The zero-order valence-corrected chi connectivity index (χ0v) is 10.4. The van der Waals surface area contributed by atoms with Crippen molar-refractivity contribution in [2.24, 2.45) is 0 Å². The predicted octanol–water partition coefficient (Wildman–Crippen LogP) is 1.67. The van der Waals surface area contributed by atoms with Gasteiger partial charge in [-0.15, -0.1) is 0 Å². The van der Waals surface area contributed by atoms with Crippen LogP contribution in [0.3, 0.4) is 0 Å². The molecule has 1 aliphatic rings. The van der Waals surface area contributed by atoms with Crippen LogP contribution in [0.15, 0.2) is 23.1 Å². The second-order valence-electron chi connectivity index (χ2n) is 4.38. The number of hydrogen-bond acceptors (Lipinski definition) is 3. The number of hydrogen-bond donors (Lipinski definition) is 1. The highest BCUT2D eigenvalue weighted by molar-refractivity contribution is 7.90. The normalized spacial score (nSPS) is 20.6. The van der Waals surface area contributed by atoms with E-state index in [0.717, 1.165) is 6.26 Å². The summed E-state index contributed by atoms with van der Waals surface area (Å²) in [7, 11) is -3.33. The van der Waals surface area contributed by atoms with Crippen LogP contribution in [0.25, 0.3) is 0 Å². The van der Waals surface area contributed by atoms with E-state index in [1.807, 2.05) is 0 Å². The van der Waals surface area contributed by atoms with Crippen molar-refractivity contribution in [2.45, 2.75) is 30.1 Å². The molecule has 1 atom stereocenters. The Morgan fingerprint density at radius 1 is 1.28 bits per heavy atom. The maximum atomic E-state index is 12.5. The molecule has 0 aliphatic carbocycles. The summed E-state index contributed by atoms with van der Waals surface area (Å²) in [4.78, 5) is 0.133.